The minimum absolute atomic E-state index is 0.102. The van der Waals surface area contributed by atoms with E-state index in [9.17, 15) is 13.2 Å². The summed E-state index contributed by atoms with van der Waals surface area (Å²) in [4.78, 5) is 15.5. The Balaban J connectivity index is 1.99. The van der Waals surface area contributed by atoms with Gasteiger partial charge in [0.15, 0.2) is 15.8 Å². The van der Waals surface area contributed by atoms with Crippen molar-refractivity contribution in [1.82, 2.24) is 10.6 Å². The summed E-state index contributed by atoms with van der Waals surface area (Å²) in [6.45, 7) is 3.06. The number of rotatable bonds is 5. The van der Waals surface area contributed by atoms with Crippen molar-refractivity contribution in [2.75, 3.05) is 18.1 Å². The highest BCUT2D eigenvalue weighted by Gasteiger charge is 2.28. The van der Waals surface area contributed by atoms with Crippen molar-refractivity contribution in [3.8, 4) is 0 Å². The molecule has 1 aromatic rings. The second-order valence-corrected chi connectivity index (χ2v) is 7.73. The zero-order chi connectivity index (χ0) is 16.9. The van der Waals surface area contributed by atoms with Gasteiger partial charge in [-0.25, -0.2) is 13.4 Å². The SMILES string of the molecule is CCNC(=NCc1ccc(C(N)=O)cc1)NC1CCS(=O)(=O)C1. The van der Waals surface area contributed by atoms with Crippen LogP contribution in [0.15, 0.2) is 29.3 Å². The molecule has 4 N–H and O–H groups in total. The number of nitrogens with one attached hydrogen (secondary N) is 2. The largest absolute Gasteiger partial charge is 0.366 e. The smallest absolute Gasteiger partial charge is 0.248 e. The van der Waals surface area contributed by atoms with Crippen LogP contribution in [0.2, 0.25) is 0 Å². The number of nitrogens with zero attached hydrogens (tertiary/aromatic N) is 1. The monoisotopic (exact) mass is 338 g/mol. The number of guanidine groups is 1. The van der Waals surface area contributed by atoms with Gasteiger partial charge in [0.1, 0.15) is 0 Å². The fourth-order valence-corrected chi connectivity index (χ4v) is 4.04. The first-order chi connectivity index (χ1) is 10.9. The zero-order valence-electron chi connectivity index (χ0n) is 13.1. The normalized spacial score (nSPS) is 20.2. The maximum Gasteiger partial charge on any atom is 0.248 e. The Morgan fingerprint density at radius 3 is 2.57 bits per heavy atom. The van der Waals surface area contributed by atoms with Crippen LogP contribution in [0.25, 0.3) is 0 Å². The van der Waals surface area contributed by atoms with Crippen molar-refractivity contribution >= 4 is 21.7 Å². The molecule has 1 aliphatic heterocycles. The first-order valence-electron chi connectivity index (χ1n) is 7.53. The van der Waals surface area contributed by atoms with E-state index in [2.05, 4.69) is 15.6 Å². The summed E-state index contributed by atoms with van der Waals surface area (Å²) >= 11 is 0. The number of benzene rings is 1. The Kier molecular flexibility index (Phi) is 5.59. The lowest BCUT2D eigenvalue weighted by atomic mass is 10.1. The highest BCUT2D eigenvalue weighted by molar-refractivity contribution is 7.91. The topological polar surface area (TPSA) is 114 Å². The van der Waals surface area contributed by atoms with Gasteiger partial charge in [0.2, 0.25) is 5.91 Å². The predicted octanol–water partition coefficient (Wildman–Crippen LogP) is 0.0277. The van der Waals surface area contributed by atoms with Gasteiger partial charge in [-0.15, -0.1) is 0 Å². The molecule has 0 aromatic heterocycles. The van der Waals surface area contributed by atoms with Crippen LogP contribution in [-0.2, 0) is 16.4 Å². The van der Waals surface area contributed by atoms with Gasteiger partial charge in [0.25, 0.3) is 0 Å². The van der Waals surface area contributed by atoms with Crippen LogP contribution in [0.5, 0.6) is 0 Å². The van der Waals surface area contributed by atoms with Gasteiger partial charge in [-0.05, 0) is 31.0 Å². The number of amides is 1. The lowest BCUT2D eigenvalue weighted by molar-refractivity contribution is 0.100. The molecule has 7 nitrogen and oxygen atoms in total. The summed E-state index contributed by atoms with van der Waals surface area (Å²) in [5, 5.41) is 6.26. The molecule has 1 aliphatic rings. The number of nitrogens with two attached hydrogens (primary N) is 1. The molecule has 1 saturated heterocycles. The first-order valence-corrected chi connectivity index (χ1v) is 9.36. The molecule has 1 aromatic carbocycles. The van der Waals surface area contributed by atoms with E-state index in [1.54, 1.807) is 24.3 Å². The van der Waals surface area contributed by atoms with Crippen LogP contribution in [0.4, 0.5) is 0 Å². The molecule has 8 heteroatoms. The molecule has 1 amide bonds. The van der Waals surface area contributed by atoms with E-state index in [1.165, 1.54) is 0 Å². The Labute approximate surface area is 136 Å². The van der Waals surface area contributed by atoms with Gasteiger partial charge in [0.05, 0.1) is 18.1 Å². The molecule has 1 fully saturated rings. The Morgan fingerprint density at radius 1 is 1.35 bits per heavy atom. The third kappa shape index (κ3) is 5.24. The van der Waals surface area contributed by atoms with Crippen molar-refractivity contribution in [1.29, 1.82) is 0 Å². The second-order valence-electron chi connectivity index (χ2n) is 5.50. The average molecular weight is 338 g/mol. The van der Waals surface area contributed by atoms with Crippen molar-refractivity contribution in [2.24, 2.45) is 10.7 Å². The van der Waals surface area contributed by atoms with Crippen LogP contribution >= 0.6 is 0 Å². The summed E-state index contributed by atoms with van der Waals surface area (Å²) in [7, 11) is -2.93. The number of carbonyl (C=O) groups is 1. The number of aliphatic imine (C=N–C) groups is 1. The molecule has 0 aliphatic carbocycles. The van der Waals surface area contributed by atoms with Crippen molar-refractivity contribution < 1.29 is 13.2 Å². The maximum absolute atomic E-state index is 11.5. The molecule has 0 bridgehead atoms. The summed E-state index contributed by atoms with van der Waals surface area (Å²) in [5.74, 6) is 0.495. The molecular formula is C15H22N4O3S. The number of primary amides is 1. The molecule has 0 radical (unpaired) electrons. The van der Waals surface area contributed by atoms with E-state index in [4.69, 9.17) is 5.73 Å². The highest BCUT2D eigenvalue weighted by atomic mass is 32.2. The standard InChI is InChI=1S/C15H22N4O3S/c1-2-17-15(19-13-7-8-23(21,22)10-13)18-9-11-3-5-12(6-4-11)14(16)20/h3-6,13H,2,7-10H2,1H3,(H2,16,20)(H2,17,18,19). The van der Waals surface area contributed by atoms with E-state index < -0.39 is 15.7 Å². The molecule has 1 atom stereocenters. The van der Waals surface area contributed by atoms with E-state index in [0.717, 1.165) is 5.56 Å². The van der Waals surface area contributed by atoms with Crippen LogP contribution in [0, 0.1) is 0 Å². The van der Waals surface area contributed by atoms with E-state index >= 15 is 0 Å². The number of sulfone groups is 1. The van der Waals surface area contributed by atoms with Gasteiger partial charge in [0, 0.05) is 18.2 Å². The van der Waals surface area contributed by atoms with Crippen LogP contribution < -0.4 is 16.4 Å². The number of carbonyl (C=O) groups excluding carboxylic acids is 1. The average Bonchev–Trinajstić information content (AvgIpc) is 2.84. The molecular weight excluding hydrogens is 316 g/mol. The van der Waals surface area contributed by atoms with Gasteiger partial charge in [-0.2, -0.15) is 0 Å². The van der Waals surface area contributed by atoms with Gasteiger partial charge >= 0.3 is 0 Å². The van der Waals surface area contributed by atoms with E-state index in [-0.39, 0.29) is 17.5 Å². The van der Waals surface area contributed by atoms with Gasteiger partial charge in [-0.3, -0.25) is 4.79 Å². The fraction of sp³-hybridized carbons (Fsp3) is 0.467. The predicted molar refractivity (Wildman–Crippen MR) is 90.0 cm³/mol. The van der Waals surface area contributed by atoms with E-state index in [0.29, 0.717) is 31.0 Å². The van der Waals surface area contributed by atoms with Crippen LogP contribution in [0.1, 0.15) is 29.3 Å². The van der Waals surface area contributed by atoms with Gasteiger partial charge < -0.3 is 16.4 Å². The minimum atomic E-state index is -2.93. The number of hydrogen-bond donors (Lipinski definition) is 3. The fourth-order valence-electron chi connectivity index (χ4n) is 2.37. The highest BCUT2D eigenvalue weighted by Crippen LogP contribution is 2.11. The molecule has 1 unspecified atom stereocenters. The Hall–Kier alpha value is -2.09. The summed E-state index contributed by atoms with van der Waals surface area (Å²) in [5.41, 5.74) is 6.60. The zero-order valence-corrected chi connectivity index (χ0v) is 13.9. The summed E-state index contributed by atoms with van der Waals surface area (Å²) in [6, 6.07) is 6.82. The van der Waals surface area contributed by atoms with Crippen molar-refractivity contribution in [3.05, 3.63) is 35.4 Å². The maximum atomic E-state index is 11.5. The summed E-state index contributed by atoms with van der Waals surface area (Å²) < 4.78 is 23.0. The quantitative estimate of drug-likeness (QED) is 0.518. The molecule has 2 rings (SSSR count). The second kappa shape index (κ2) is 7.45. The Morgan fingerprint density at radius 2 is 2.04 bits per heavy atom. The lowest BCUT2D eigenvalue weighted by Crippen LogP contribution is -2.44. The van der Waals surface area contributed by atoms with Crippen molar-refractivity contribution in [3.63, 3.8) is 0 Å². The lowest BCUT2D eigenvalue weighted by Gasteiger charge is -2.15. The third-order valence-corrected chi connectivity index (χ3v) is 5.34. The Bertz CT molecular complexity index is 683. The molecule has 1 heterocycles. The van der Waals surface area contributed by atoms with Gasteiger partial charge in [-0.1, -0.05) is 12.1 Å². The van der Waals surface area contributed by atoms with Crippen LogP contribution in [0.3, 0.4) is 0 Å². The minimum Gasteiger partial charge on any atom is -0.366 e. The summed E-state index contributed by atoms with van der Waals surface area (Å²) in [6.07, 6.45) is 0.597. The molecule has 126 valence electrons. The van der Waals surface area contributed by atoms with E-state index in [1.807, 2.05) is 6.92 Å². The molecule has 0 spiro atoms. The third-order valence-electron chi connectivity index (χ3n) is 3.58. The molecule has 23 heavy (non-hydrogen) atoms. The van der Waals surface area contributed by atoms with Crippen molar-refractivity contribution in [2.45, 2.75) is 25.9 Å². The molecule has 0 saturated carbocycles. The first kappa shape index (κ1) is 17.3. The number of hydrogen-bond acceptors (Lipinski definition) is 4. The van der Waals surface area contributed by atoms with Crippen LogP contribution in [-0.4, -0.2) is 44.4 Å².